The quantitative estimate of drug-likeness (QED) is 0.307. The topological polar surface area (TPSA) is 89.3 Å². The van der Waals surface area contributed by atoms with E-state index in [9.17, 15) is 0 Å². The number of aliphatic imine (C=N–C) groups is 3. The molecule has 1 aromatic carbocycles. The summed E-state index contributed by atoms with van der Waals surface area (Å²) in [4.78, 5) is 13.1. The summed E-state index contributed by atoms with van der Waals surface area (Å²) in [5.41, 5.74) is 5.33. The normalized spacial score (nSPS) is 16.5. The molecular formula is C24H31N5O4. The second-order valence-electron chi connectivity index (χ2n) is 6.68. The highest BCUT2D eigenvalue weighted by molar-refractivity contribution is 5.97. The number of benzene rings is 1. The van der Waals surface area contributed by atoms with Crippen LogP contribution in [-0.4, -0.2) is 58.9 Å². The number of nitrogens with zero attached hydrogens (tertiary/aromatic N) is 4. The number of methoxy groups -OCH3 is 4. The molecule has 0 aromatic heterocycles. The average molecular weight is 454 g/mol. The standard InChI is InChI=1S/C24H31N5O4/c1-8-9-10-11-19(30-4)12-13-29-20(17(2)25-3)16-26-24(28-29)27-18-14-21(31-5)23(33-7)22(15-18)32-6/h8-11,14-16H,1,3,12-13H2,2,4-7H3,(H,27,28)/b10-9-,19-11+,20-17-. The van der Waals surface area contributed by atoms with Gasteiger partial charge in [-0.05, 0) is 19.7 Å². The highest BCUT2D eigenvalue weighted by Crippen LogP contribution is 2.40. The second kappa shape index (κ2) is 12.7. The van der Waals surface area contributed by atoms with Crippen molar-refractivity contribution in [3.63, 3.8) is 0 Å². The molecule has 9 heteroatoms. The third-order valence-electron chi connectivity index (χ3n) is 4.70. The molecule has 0 unspecified atom stereocenters. The van der Waals surface area contributed by atoms with Gasteiger partial charge < -0.3 is 18.9 Å². The van der Waals surface area contributed by atoms with Gasteiger partial charge in [-0.3, -0.25) is 15.4 Å². The van der Waals surface area contributed by atoms with E-state index in [1.807, 2.05) is 30.2 Å². The summed E-state index contributed by atoms with van der Waals surface area (Å²) in [5.74, 6) is 2.70. The molecule has 1 aliphatic rings. The largest absolute Gasteiger partial charge is 0.501 e. The van der Waals surface area contributed by atoms with Crippen LogP contribution in [0.4, 0.5) is 5.69 Å². The number of hydrazine groups is 1. The van der Waals surface area contributed by atoms with Crippen LogP contribution >= 0.6 is 0 Å². The zero-order valence-corrected chi connectivity index (χ0v) is 19.8. The Morgan fingerprint density at radius 1 is 1.12 bits per heavy atom. The maximum Gasteiger partial charge on any atom is 0.242 e. The van der Waals surface area contributed by atoms with Gasteiger partial charge in [-0.15, -0.1) is 0 Å². The number of rotatable bonds is 11. The Hall–Kier alpha value is -4.01. The molecule has 1 N–H and O–H groups in total. The first-order valence-electron chi connectivity index (χ1n) is 10.2. The molecule has 0 fully saturated rings. The molecule has 176 valence electrons. The van der Waals surface area contributed by atoms with Crippen LogP contribution in [0.1, 0.15) is 13.3 Å². The van der Waals surface area contributed by atoms with E-state index in [1.165, 1.54) is 0 Å². The van der Waals surface area contributed by atoms with Gasteiger partial charge in [0.2, 0.25) is 11.7 Å². The van der Waals surface area contributed by atoms with Crippen LogP contribution in [0.2, 0.25) is 0 Å². The molecule has 0 spiro atoms. The molecule has 33 heavy (non-hydrogen) atoms. The summed E-state index contributed by atoms with van der Waals surface area (Å²) in [5, 5.41) is 1.90. The van der Waals surface area contributed by atoms with Crippen LogP contribution in [0.5, 0.6) is 17.2 Å². The van der Waals surface area contributed by atoms with Crippen LogP contribution in [0.25, 0.3) is 0 Å². The van der Waals surface area contributed by atoms with Gasteiger partial charge in [0.15, 0.2) is 11.5 Å². The minimum Gasteiger partial charge on any atom is -0.501 e. The first kappa shape index (κ1) is 25.3. The fraction of sp³-hybridized carbons (Fsp3) is 0.292. The first-order valence-corrected chi connectivity index (χ1v) is 10.2. The van der Waals surface area contributed by atoms with Gasteiger partial charge in [0.25, 0.3) is 0 Å². The Balaban J connectivity index is 2.35. The minimum atomic E-state index is 0.388. The Morgan fingerprint density at radius 2 is 1.82 bits per heavy atom. The number of ether oxygens (including phenoxy) is 4. The van der Waals surface area contributed by atoms with Gasteiger partial charge in [0.1, 0.15) is 0 Å². The predicted octanol–water partition coefficient (Wildman–Crippen LogP) is 4.19. The lowest BCUT2D eigenvalue weighted by Gasteiger charge is -2.30. The van der Waals surface area contributed by atoms with E-state index in [1.54, 1.807) is 52.9 Å². The van der Waals surface area contributed by atoms with Crippen molar-refractivity contribution in [1.82, 2.24) is 10.4 Å². The van der Waals surface area contributed by atoms with Crippen molar-refractivity contribution in [2.24, 2.45) is 15.0 Å². The molecule has 0 saturated heterocycles. The van der Waals surface area contributed by atoms with Gasteiger partial charge in [-0.2, -0.15) is 0 Å². The van der Waals surface area contributed by atoms with E-state index in [0.29, 0.717) is 41.9 Å². The molecule has 1 aliphatic heterocycles. The number of hydrogen-bond acceptors (Lipinski definition) is 7. The molecule has 1 aromatic rings. The third kappa shape index (κ3) is 6.73. The van der Waals surface area contributed by atoms with Crippen LogP contribution in [0.3, 0.4) is 0 Å². The van der Waals surface area contributed by atoms with E-state index in [-0.39, 0.29) is 0 Å². The van der Waals surface area contributed by atoms with Crippen molar-refractivity contribution < 1.29 is 18.9 Å². The number of hydrogen-bond donors (Lipinski definition) is 1. The van der Waals surface area contributed by atoms with Crippen molar-refractivity contribution >= 4 is 24.6 Å². The maximum absolute atomic E-state index is 5.47. The molecule has 0 aliphatic carbocycles. The smallest absolute Gasteiger partial charge is 0.242 e. The Morgan fingerprint density at radius 3 is 2.36 bits per heavy atom. The lowest BCUT2D eigenvalue weighted by molar-refractivity contribution is 0.245. The number of guanidine groups is 1. The van der Waals surface area contributed by atoms with E-state index in [4.69, 9.17) is 18.9 Å². The van der Waals surface area contributed by atoms with Crippen molar-refractivity contribution in [2.75, 3.05) is 35.0 Å². The van der Waals surface area contributed by atoms with Crippen molar-refractivity contribution in [3.8, 4) is 17.2 Å². The fourth-order valence-electron chi connectivity index (χ4n) is 2.97. The fourth-order valence-corrected chi connectivity index (χ4v) is 2.97. The van der Waals surface area contributed by atoms with Crippen molar-refractivity contribution in [1.29, 1.82) is 0 Å². The third-order valence-corrected chi connectivity index (χ3v) is 4.70. The van der Waals surface area contributed by atoms with E-state index >= 15 is 0 Å². The molecular weight excluding hydrogens is 422 g/mol. The summed E-state index contributed by atoms with van der Waals surface area (Å²) in [6.07, 6.45) is 9.64. The van der Waals surface area contributed by atoms with Crippen LogP contribution in [0.15, 0.2) is 75.1 Å². The summed E-state index contributed by atoms with van der Waals surface area (Å²) in [6, 6.07) is 3.49. The van der Waals surface area contributed by atoms with Crippen molar-refractivity contribution in [3.05, 3.63) is 60.2 Å². The molecule has 0 atom stereocenters. The maximum atomic E-state index is 5.47. The predicted molar refractivity (Wildman–Crippen MR) is 133 cm³/mol. The lowest BCUT2D eigenvalue weighted by atomic mass is 10.2. The molecule has 0 radical (unpaired) electrons. The SMILES string of the molecule is C=C/C=C\C=C(/CCN1NC(=Nc2cc(OC)c(OC)c(OC)c2)N=C/C1=C(\C)N=C)OC. The summed E-state index contributed by atoms with van der Waals surface area (Å²) < 4.78 is 21.7. The Bertz CT molecular complexity index is 983. The number of allylic oxidation sites excluding steroid dienone is 6. The van der Waals surface area contributed by atoms with Crippen LogP contribution in [0, 0.1) is 0 Å². The summed E-state index contributed by atoms with van der Waals surface area (Å²) in [7, 11) is 6.31. The zero-order chi connectivity index (χ0) is 24.2. The molecule has 0 saturated carbocycles. The molecule has 1 heterocycles. The zero-order valence-electron chi connectivity index (χ0n) is 19.8. The molecule has 9 nitrogen and oxygen atoms in total. The Labute approximate surface area is 195 Å². The highest BCUT2D eigenvalue weighted by Gasteiger charge is 2.19. The molecule has 2 rings (SSSR count). The van der Waals surface area contributed by atoms with Gasteiger partial charge in [0.05, 0.1) is 57.5 Å². The van der Waals surface area contributed by atoms with Gasteiger partial charge in [-0.1, -0.05) is 24.8 Å². The van der Waals surface area contributed by atoms with E-state index < -0.39 is 0 Å². The van der Waals surface area contributed by atoms with Crippen molar-refractivity contribution in [2.45, 2.75) is 13.3 Å². The first-order chi connectivity index (χ1) is 16.0. The van der Waals surface area contributed by atoms with Crippen LogP contribution in [-0.2, 0) is 4.74 Å². The van der Waals surface area contributed by atoms with Gasteiger partial charge in [-0.25, -0.2) is 9.98 Å². The Kier molecular flexibility index (Phi) is 9.76. The van der Waals surface area contributed by atoms with E-state index in [2.05, 4.69) is 33.7 Å². The lowest BCUT2D eigenvalue weighted by Crippen LogP contribution is -2.45. The number of nitrogens with one attached hydrogen (secondary N) is 1. The minimum absolute atomic E-state index is 0.388. The van der Waals surface area contributed by atoms with Gasteiger partial charge in [0, 0.05) is 25.1 Å². The summed E-state index contributed by atoms with van der Waals surface area (Å²) >= 11 is 0. The monoisotopic (exact) mass is 453 g/mol. The van der Waals surface area contributed by atoms with Crippen LogP contribution < -0.4 is 19.6 Å². The van der Waals surface area contributed by atoms with E-state index in [0.717, 1.165) is 17.2 Å². The van der Waals surface area contributed by atoms with Gasteiger partial charge >= 0.3 is 0 Å². The highest BCUT2D eigenvalue weighted by atomic mass is 16.5. The molecule has 0 bridgehead atoms. The average Bonchev–Trinajstić information content (AvgIpc) is 2.85. The molecule has 0 amide bonds. The second-order valence-corrected chi connectivity index (χ2v) is 6.68. The summed E-state index contributed by atoms with van der Waals surface area (Å²) in [6.45, 7) is 9.73.